The zero-order chi connectivity index (χ0) is 11.4. The molecule has 1 atom stereocenters. The first kappa shape index (κ1) is 13.1. The minimum absolute atomic E-state index is 0.727. The van der Waals surface area contributed by atoms with Crippen LogP contribution in [0.25, 0.3) is 0 Å². The summed E-state index contributed by atoms with van der Waals surface area (Å²) in [6.07, 6.45) is 2.36. The van der Waals surface area contributed by atoms with Gasteiger partial charge in [0.15, 0.2) is 0 Å². The Kier molecular flexibility index (Phi) is 5.19. The van der Waals surface area contributed by atoms with E-state index in [1.54, 1.807) is 0 Å². The standard InChI is InChI=1S/C11H19BrN2S/c1-8(5-7-15)4-6-14-10(3)11(12)9(2)13-14/h8,15H,4-7H2,1-3H3. The van der Waals surface area contributed by atoms with Crippen molar-refractivity contribution in [3.8, 4) is 0 Å². The molecule has 0 aromatic carbocycles. The summed E-state index contributed by atoms with van der Waals surface area (Å²) in [4.78, 5) is 0. The number of rotatable bonds is 5. The van der Waals surface area contributed by atoms with Crippen LogP contribution in [0.15, 0.2) is 4.47 Å². The van der Waals surface area contributed by atoms with Crippen LogP contribution < -0.4 is 0 Å². The molecular weight excluding hydrogens is 272 g/mol. The highest BCUT2D eigenvalue weighted by molar-refractivity contribution is 9.10. The summed E-state index contributed by atoms with van der Waals surface area (Å²) in [6, 6.07) is 0. The van der Waals surface area contributed by atoms with Gasteiger partial charge in [-0.05, 0) is 54.3 Å². The molecule has 1 unspecified atom stereocenters. The van der Waals surface area contributed by atoms with Crippen LogP contribution in [-0.2, 0) is 6.54 Å². The van der Waals surface area contributed by atoms with Gasteiger partial charge in [-0.3, -0.25) is 4.68 Å². The Balaban J connectivity index is 2.54. The molecule has 2 nitrogen and oxygen atoms in total. The van der Waals surface area contributed by atoms with Crippen LogP contribution in [-0.4, -0.2) is 15.5 Å². The van der Waals surface area contributed by atoms with Gasteiger partial charge in [-0.15, -0.1) is 0 Å². The van der Waals surface area contributed by atoms with E-state index in [0.717, 1.165) is 28.4 Å². The van der Waals surface area contributed by atoms with E-state index in [2.05, 4.69) is 52.2 Å². The lowest BCUT2D eigenvalue weighted by Crippen LogP contribution is -2.07. The lowest BCUT2D eigenvalue weighted by atomic mass is 10.1. The fourth-order valence-electron chi connectivity index (χ4n) is 1.60. The molecule has 0 spiro atoms. The summed E-state index contributed by atoms with van der Waals surface area (Å²) in [5.74, 6) is 1.70. The first-order chi connectivity index (χ1) is 7.06. The normalized spacial score (nSPS) is 13.1. The van der Waals surface area contributed by atoms with E-state index < -0.39 is 0 Å². The van der Waals surface area contributed by atoms with E-state index in [9.17, 15) is 0 Å². The Hall–Kier alpha value is 0.0400. The lowest BCUT2D eigenvalue weighted by molar-refractivity contribution is 0.445. The van der Waals surface area contributed by atoms with E-state index in [1.165, 1.54) is 18.5 Å². The molecule has 0 bridgehead atoms. The van der Waals surface area contributed by atoms with Crippen LogP contribution in [0.1, 0.15) is 31.2 Å². The van der Waals surface area contributed by atoms with E-state index in [1.807, 2.05) is 6.92 Å². The molecule has 0 saturated carbocycles. The van der Waals surface area contributed by atoms with Gasteiger partial charge in [-0.25, -0.2) is 0 Å². The van der Waals surface area contributed by atoms with Crippen LogP contribution in [0.5, 0.6) is 0 Å². The highest BCUT2D eigenvalue weighted by atomic mass is 79.9. The largest absolute Gasteiger partial charge is 0.268 e. The smallest absolute Gasteiger partial charge is 0.0738 e. The second-order valence-electron chi connectivity index (χ2n) is 4.11. The summed E-state index contributed by atoms with van der Waals surface area (Å²) < 4.78 is 3.23. The van der Waals surface area contributed by atoms with Crippen molar-refractivity contribution in [2.24, 2.45) is 5.92 Å². The van der Waals surface area contributed by atoms with Gasteiger partial charge >= 0.3 is 0 Å². The molecule has 1 heterocycles. The highest BCUT2D eigenvalue weighted by Gasteiger charge is 2.09. The van der Waals surface area contributed by atoms with Crippen molar-refractivity contribution in [3.63, 3.8) is 0 Å². The number of hydrogen-bond donors (Lipinski definition) is 1. The van der Waals surface area contributed by atoms with Crippen LogP contribution in [0.3, 0.4) is 0 Å². The predicted octanol–water partition coefficient (Wildman–Crippen LogP) is 3.61. The first-order valence-corrected chi connectivity index (χ1v) is 6.79. The Morgan fingerprint density at radius 2 is 2.07 bits per heavy atom. The Bertz CT molecular complexity index is 323. The Morgan fingerprint density at radius 3 is 2.53 bits per heavy atom. The minimum atomic E-state index is 0.727. The molecule has 1 aromatic rings. The zero-order valence-corrected chi connectivity index (χ0v) is 12.1. The van der Waals surface area contributed by atoms with Crippen molar-refractivity contribution in [3.05, 3.63) is 15.9 Å². The molecule has 0 radical (unpaired) electrons. The monoisotopic (exact) mass is 290 g/mol. The predicted molar refractivity (Wildman–Crippen MR) is 71.7 cm³/mol. The number of thiol groups is 1. The average Bonchev–Trinajstić information content (AvgIpc) is 2.43. The van der Waals surface area contributed by atoms with Crippen molar-refractivity contribution in [1.29, 1.82) is 0 Å². The molecule has 4 heteroatoms. The van der Waals surface area contributed by atoms with E-state index in [4.69, 9.17) is 0 Å². The molecule has 1 aromatic heterocycles. The molecule has 15 heavy (non-hydrogen) atoms. The van der Waals surface area contributed by atoms with E-state index >= 15 is 0 Å². The third kappa shape index (κ3) is 3.52. The number of aromatic nitrogens is 2. The van der Waals surface area contributed by atoms with Crippen molar-refractivity contribution in [2.45, 2.75) is 40.2 Å². The van der Waals surface area contributed by atoms with Gasteiger partial charge in [-0.1, -0.05) is 6.92 Å². The second kappa shape index (κ2) is 5.94. The van der Waals surface area contributed by atoms with E-state index in [0.29, 0.717) is 0 Å². The molecule has 0 aliphatic carbocycles. The topological polar surface area (TPSA) is 17.8 Å². The number of hydrogen-bond acceptors (Lipinski definition) is 2. The molecule has 0 N–H and O–H groups in total. The Labute approximate surface area is 106 Å². The molecule has 0 fully saturated rings. The molecule has 0 aliphatic rings. The summed E-state index contributed by atoms with van der Waals surface area (Å²) in [5, 5.41) is 4.49. The number of aryl methyl sites for hydroxylation is 2. The Morgan fingerprint density at radius 1 is 1.40 bits per heavy atom. The molecule has 0 amide bonds. The summed E-state index contributed by atoms with van der Waals surface area (Å²) in [7, 11) is 0. The van der Waals surface area contributed by atoms with Crippen molar-refractivity contribution < 1.29 is 0 Å². The summed E-state index contributed by atoms with van der Waals surface area (Å²) >= 11 is 7.79. The first-order valence-electron chi connectivity index (χ1n) is 5.36. The minimum Gasteiger partial charge on any atom is -0.268 e. The molecular formula is C11H19BrN2S. The van der Waals surface area contributed by atoms with Crippen LogP contribution >= 0.6 is 28.6 Å². The van der Waals surface area contributed by atoms with Crippen molar-refractivity contribution >= 4 is 28.6 Å². The SMILES string of the molecule is Cc1nn(CCC(C)CCS)c(C)c1Br. The third-order valence-corrected chi connectivity index (χ3v) is 4.15. The zero-order valence-electron chi connectivity index (χ0n) is 9.63. The third-order valence-electron chi connectivity index (χ3n) is 2.75. The quantitative estimate of drug-likeness (QED) is 0.821. The molecule has 86 valence electrons. The molecule has 0 aliphatic heterocycles. The van der Waals surface area contributed by atoms with Crippen LogP contribution in [0, 0.1) is 19.8 Å². The van der Waals surface area contributed by atoms with Gasteiger partial charge in [0.2, 0.25) is 0 Å². The fourth-order valence-corrected chi connectivity index (χ4v) is 2.32. The van der Waals surface area contributed by atoms with Gasteiger partial charge in [-0.2, -0.15) is 17.7 Å². The van der Waals surface area contributed by atoms with Crippen molar-refractivity contribution in [2.75, 3.05) is 5.75 Å². The maximum atomic E-state index is 4.49. The highest BCUT2D eigenvalue weighted by Crippen LogP contribution is 2.20. The van der Waals surface area contributed by atoms with Gasteiger partial charge in [0.1, 0.15) is 0 Å². The van der Waals surface area contributed by atoms with Gasteiger partial charge < -0.3 is 0 Å². The van der Waals surface area contributed by atoms with E-state index in [-0.39, 0.29) is 0 Å². The van der Waals surface area contributed by atoms with Crippen molar-refractivity contribution in [1.82, 2.24) is 9.78 Å². The summed E-state index contributed by atoms with van der Waals surface area (Å²) in [6.45, 7) is 7.42. The second-order valence-corrected chi connectivity index (χ2v) is 5.35. The lowest BCUT2D eigenvalue weighted by Gasteiger charge is -2.10. The molecule has 1 rings (SSSR count). The maximum Gasteiger partial charge on any atom is 0.0738 e. The van der Waals surface area contributed by atoms with Gasteiger partial charge in [0.05, 0.1) is 10.2 Å². The van der Waals surface area contributed by atoms with Crippen LogP contribution in [0.2, 0.25) is 0 Å². The molecule has 0 saturated heterocycles. The number of halogens is 1. The maximum absolute atomic E-state index is 4.49. The van der Waals surface area contributed by atoms with Crippen LogP contribution in [0.4, 0.5) is 0 Å². The average molecular weight is 291 g/mol. The van der Waals surface area contributed by atoms with Gasteiger partial charge in [0, 0.05) is 12.2 Å². The number of nitrogens with zero attached hydrogens (tertiary/aromatic N) is 2. The summed E-state index contributed by atoms with van der Waals surface area (Å²) in [5.41, 5.74) is 2.31. The van der Waals surface area contributed by atoms with Gasteiger partial charge in [0.25, 0.3) is 0 Å². The fraction of sp³-hybridized carbons (Fsp3) is 0.727.